The van der Waals surface area contributed by atoms with Crippen molar-refractivity contribution in [1.82, 2.24) is 0 Å². The van der Waals surface area contributed by atoms with Crippen LogP contribution in [-0.4, -0.2) is 6.61 Å². The third kappa shape index (κ3) is 3.78. The molecule has 0 saturated heterocycles. The molecule has 0 atom stereocenters. The molecule has 100 valence electrons. The summed E-state index contributed by atoms with van der Waals surface area (Å²) >= 11 is 0. The van der Waals surface area contributed by atoms with Crippen molar-refractivity contribution < 1.29 is 13.5 Å². The third-order valence-electron chi connectivity index (χ3n) is 2.91. The van der Waals surface area contributed by atoms with Gasteiger partial charge in [-0.05, 0) is 35.2 Å². The van der Waals surface area contributed by atoms with Gasteiger partial charge in [0.2, 0.25) is 0 Å². The molecule has 0 N–H and O–H groups in total. The van der Waals surface area contributed by atoms with Crippen molar-refractivity contribution in [1.29, 1.82) is 0 Å². The molecule has 0 amide bonds. The number of alkyl halides is 2. The Morgan fingerprint density at radius 3 is 1.89 bits per heavy atom. The van der Waals surface area contributed by atoms with Crippen LogP contribution in [0.5, 0.6) is 5.75 Å². The number of benzene rings is 2. The van der Waals surface area contributed by atoms with E-state index in [2.05, 4.69) is 23.8 Å². The topological polar surface area (TPSA) is 9.23 Å². The largest absolute Gasteiger partial charge is 0.435 e. The van der Waals surface area contributed by atoms with Gasteiger partial charge in [-0.1, -0.05) is 49.7 Å². The Morgan fingerprint density at radius 1 is 0.895 bits per heavy atom. The summed E-state index contributed by atoms with van der Waals surface area (Å²) in [5.41, 5.74) is 3.37. The molecule has 0 saturated carbocycles. The summed E-state index contributed by atoms with van der Waals surface area (Å²) in [6.45, 7) is -0.630. The Bertz CT molecular complexity index is 503. The lowest BCUT2D eigenvalue weighted by Gasteiger charge is -2.07. The Balaban J connectivity index is 2.13. The quantitative estimate of drug-likeness (QED) is 0.744. The molecule has 0 bridgehead atoms. The van der Waals surface area contributed by atoms with Crippen molar-refractivity contribution in [2.24, 2.45) is 0 Å². The lowest BCUT2D eigenvalue weighted by molar-refractivity contribution is -0.0498. The lowest BCUT2D eigenvalue weighted by Crippen LogP contribution is -2.01. The molecule has 2 aromatic rings. The molecule has 0 spiro atoms. The molecular formula is C16H16F2O. The first-order chi connectivity index (χ1) is 9.19. The number of aryl methyl sites for hydroxylation is 1. The van der Waals surface area contributed by atoms with Crippen LogP contribution in [0.15, 0.2) is 48.5 Å². The van der Waals surface area contributed by atoms with Crippen molar-refractivity contribution in [2.45, 2.75) is 26.4 Å². The Labute approximate surface area is 111 Å². The van der Waals surface area contributed by atoms with Gasteiger partial charge in [0, 0.05) is 0 Å². The highest BCUT2D eigenvalue weighted by Gasteiger charge is 2.04. The SMILES string of the molecule is CCCc1ccc(-c2ccc(OC(F)F)cc2)cc1. The summed E-state index contributed by atoms with van der Waals surface area (Å²) in [7, 11) is 0. The van der Waals surface area contributed by atoms with Crippen LogP contribution in [0.4, 0.5) is 8.78 Å². The van der Waals surface area contributed by atoms with E-state index < -0.39 is 6.61 Å². The van der Waals surface area contributed by atoms with E-state index in [1.54, 1.807) is 24.3 Å². The van der Waals surface area contributed by atoms with Gasteiger partial charge >= 0.3 is 6.61 Å². The molecule has 0 heterocycles. The first-order valence-electron chi connectivity index (χ1n) is 6.33. The molecule has 3 heteroatoms. The summed E-state index contributed by atoms with van der Waals surface area (Å²) in [5.74, 6) is 0.182. The minimum absolute atomic E-state index is 0.182. The van der Waals surface area contributed by atoms with E-state index in [0.29, 0.717) is 0 Å². The van der Waals surface area contributed by atoms with Gasteiger partial charge in [0.15, 0.2) is 0 Å². The average Bonchev–Trinajstić information content (AvgIpc) is 2.40. The number of hydrogen-bond acceptors (Lipinski definition) is 1. The molecule has 0 aromatic heterocycles. The van der Waals surface area contributed by atoms with Crippen LogP contribution in [-0.2, 0) is 6.42 Å². The van der Waals surface area contributed by atoms with E-state index in [4.69, 9.17) is 0 Å². The first kappa shape index (κ1) is 13.5. The Kier molecular flexibility index (Phi) is 4.50. The van der Waals surface area contributed by atoms with Crippen LogP contribution < -0.4 is 4.74 Å². The highest BCUT2D eigenvalue weighted by atomic mass is 19.3. The molecule has 0 radical (unpaired) electrons. The zero-order valence-corrected chi connectivity index (χ0v) is 10.8. The van der Waals surface area contributed by atoms with Gasteiger partial charge in [0.05, 0.1) is 0 Å². The normalized spacial score (nSPS) is 10.7. The predicted molar refractivity (Wildman–Crippen MR) is 72.5 cm³/mol. The molecule has 2 aromatic carbocycles. The van der Waals surface area contributed by atoms with Crippen molar-refractivity contribution in [3.8, 4) is 16.9 Å². The van der Waals surface area contributed by atoms with Gasteiger partial charge in [-0.25, -0.2) is 0 Å². The molecule has 0 aliphatic carbocycles. The number of ether oxygens (including phenoxy) is 1. The third-order valence-corrected chi connectivity index (χ3v) is 2.91. The van der Waals surface area contributed by atoms with Gasteiger partial charge in [0.1, 0.15) is 5.75 Å². The number of rotatable bonds is 5. The van der Waals surface area contributed by atoms with Gasteiger partial charge in [-0.3, -0.25) is 0 Å². The fraction of sp³-hybridized carbons (Fsp3) is 0.250. The maximum Gasteiger partial charge on any atom is 0.387 e. The van der Waals surface area contributed by atoms with Crippen LogP contribution in [0.2, 0.25) is 0 Å². The second-order valence-electron chi connectivity index (χ2n) is 4.35. The lowest BCUT2D eigenvalue weighted by atomic mass is 10.0. The molecule has 0 fully saturated rings. The van der Waals surface area contributed by atoms with E-state index in [9.17, 15) is 8.78 Å². The molecule has 0 unspecified atom stereocenters. The van der Waals surface area contributed by atoms with Gasteiger partial charge in [-0.2, -0.15) is 8.78 Å². The van der Waals surface area contributed by atoms with Crippen LogP contribution in [0, 0.1) is 0 Å². The minimum Gasteiger partial charge on any atom is -0.435 e. The highest BCUT2D eigenvalue weighted by molar-refractivity contribution is 5.64. The van der Waals surface area contributed by atoms with Crippen molar-refractivity contribution in [2.75, 3.05) is 0 Å². The molecule has 0 aliphatic heterocycles. The fourth-order valence-electron chi connectivity index (χ4n) is 1.98. The maximum atomic E-state index is 12.0. The summed E-state index contributed by atoms with van der Waals surface area (Å²) in [6, 6.07) is 15.0. The summed E-state index contributed by atoms with van der Waals surface area (Å²) in [4.78, 5) is 0. The summed E-state index contributed by atoms with van der Waals surface area (Å²) in [5, 5.41) is 0. The van der Waals surface area contributed by atoms with E-state index >= 15 is 0 Å². The highest BCUT2D eigenvalue weighted by Crippen LogP contribution is 2.23. The average molecular weight is 262 g/mol. The molecule has 2 rings (SSSR count). The molecule has 0 aliphatic rings. The van der Waals surface area contributed by atoms with Gasteiger partial charge < -0.3 is 4.74 Å². The Hall–Kier alpha value is -1.90. The maximum absolute atomic E-state index is 12.0. The van der Waals surface area contributed by atoms with Crippen molar-refractivity contribution in [3.63, 3.8) is 0 Å². The van der Waals surface area contributed by atoms with E-state index in [0.717, 1.165) is 24.0 Å². The first-order valence-corrected chi connectivity index (χ1v) is 6.33. The molecular weight excluding hydrogens is 246 g/mol. The van der Waals surface area contributed by atoms with E-state index in [1.165, 1.54) is 5.56 Å². The van der Waals surface area contributed by atoms with Crippen LogP contribution in [0.25, 0.3) is 11.1 Å². The number of hydrogen-bond donors (Lipinski definition) is 0. The van der Waals surface area contributed by atoms with Crippen LogP contribution >= 0.6 is 0 Å². The van der Waals surface area contributed by atoms with Crippen LogP contribution in [0.3, 0.4) is 0 Å². The van der Waals surface area contributed by atoms with Gasteiger partial charge in [-0.15, -0.1) is 0 Å². The van der Waals surface area contributed by atoms with Gasteiger partial charge in [0.25, 0.3) is 0 Å². The van der Waals surface area contributed by atoms with E-state index in [1.807, 2.05) is 12.1 Å². The molecule has 1 nitrogen and oxygen atoms in total. The summed E-state index contributed by atoms with van der Waals surface area (Å²) < 4.78 is 28.4. The fourth-order valence-corrected chi connectivity index (χ4v) is 1.98. The zero-order valence-electron chi connectivity index (χ0n) is 10.8. The molecule has 19 heavy (non-hydrogen) atoms. The van der Waals surface area contributed by atoms with Crippen molar-refractivity contribution in [3.05, 3.63) is 54.1 Å². The number of halogens is 2. The zero-order chi connectivity index (χ0) is 13.7. The Morgan fingerprint density at radius 2 is 1.42 bits per heavy atom. The second-order valence-corrected chi connectivity index (χ2v) is 4.35. The standard InChI is InChI=1S/C16H16F2O/c1-2-3-12-4-6-13(7-5-12)14-8-10-15(11-9-14)19-16(17)18/h4-11,16H,2-3H2,1H3. The second kappa shape index (κ2) is 6.32. The predicted octanol–water partition coefficient (Wildman–Crippen LogP) is 4.91. The van der Waals surface area contributed by atoms with Crippen LogP contribution in [0.1, 0.15) is 18.9 Å². The minimum atomic E-state index is -2.78. The summed E-state index contributed by atoms with van der Waals surface area (Å²) in [6.07, 6.45) is 2.19. The van der Waals surface area contributed by atoms with E-state index in [-0.39, 0.29) is 5.75 Å². The smallest absolute Gasteiger partial charge is 0.387 e. The monoisotopic (exact) mass is 262 g/mol. The van der Waals surface area contributed by atoms with Crippen molar-refractivity contribution >= 4 is 0 Å².